The fourth-order valence-electron chi connectivity index (χ4n) is 2.66. The third-order valence-electron chi connectivity index (χ3n) is 3.55. The average Bonchev–Trinajstić information content (AvgIpc) is 2.84. The van der Waals surface area contributed by atoms with Gasteiger partial charge in [0.15, 0.2) is 0 Å². The van der Waals surface area contributed by atoms with Crippen LogP contribution in [0.4, 0.5) is 0 Å². The van der Waals surface area contributed by atoms with Gasteiger partial charge in [0.2, 0.25) is 0 Å². The van der Waals surface area contributed by atoms with Crippen LogP contribution in [0, 0.1) is 0 Å². The van der Waals surface area contributed by atoms with Crippen LogP contribution < -0.4 is 5.73 Å². The van der Waals surface area contributed by atoms with E-state index in [2.05, 4.69) is 41.0 Å². The maximum atomic E-state index is 6.33. The monoisotopic (exact) mass is 227 g/mol. The molecule has 1 heterocycles. The lowest BCUT2D eigenvalue weighted by atomic mass is 10.0. The lowest BCUT2D eigenvalue weighted by Crippen LogP contribution is -2.33. The smallest absolute Gasteiger partial charge is 0.0663 e. The van der Waals surface area contributed by atoms with Crippen LogP contribution in [0.1, 0.15) is 30.2 Å². The molecule has 1 aliphatic carbocycles. The Kier molecular flexibility index (Phi) is 2.30. The summed E-state index contributed by atoms with van der Waals surface area (Å²) in [5.41, 5.74) is 9.89. The van der Waals surface area contributed by atoms with Crippen LogP contribution in [0.15, 0.2) is 36.5 Å². The predicted molar refractivity (Wildman–Crippen MR) is 67.6 cm³/mol. The van der Waals surface area contributed by atoms with Gasteiger partial charge in [-0.2, -0.15) is 5.10 Å². The second kappa shape index (κ2) is 3.70. The van der Waals surface area contributed by atoms with Crippen LogP contribution >= 0.6 is 0 Å². The number of nitrogens with zero attached hydrogens (tertiary/aromatic N) is 2. The first kappa shape index (κ1) is 10.5. The lowest BCUT2D eigenvalue weighted by molar-refractivity contribution is 0.442. The van der Waals surface area contributed by atoms with Crippen molar-refractivity contribution in [2.24, 2.45) is 5.73 Å². The molecule has 88 valence electrons. The van der Waals surface area contributed by atoms with E-state index in [4.69, 9.17) is 5.73 Å². The van der Waals surface area contributed by atoms with Gasteiger partial charge in [0.1, 0.15) is 0 Å². The number of rotatable bonds is 2. The van der Waals surface area contributed by atoms with E-state index in [9.17, 15) is 0 Å². The Morgan fingerprint density at radius 2 is 2.12 bits per heavy atom. The first-order chi connectivity index (χ1) is 8.17. The van der Waals surface area contributed by atoms with E-state index < -0.39 is 0 Å². The van der Waals surface area contributed by atoms with Crippen LogP contribution in [0.2, 0.25) is 0 Å². The highest BCUT2D eigenvalue weighted by Gasteiger charge is 2.34. The second-order valence-corrected chi connectivity index (χ2v) is 5.08. The van der Waals surface area contributed by atoms with E-state index in [-0.39, 0.29) is 5.54 Å². The van der Waals surface area contributed by atoms with Crippen molar-refractivity contribution in [1.29, 1.82) is 0 Å². The molecule has 1 unspecified atom stereocenters. The fraction of sp³-hybridized carbons (Fsp3) is 0.357. The van der Waals surface area contributed by atoms with Crippen LogP contribution in [0.5, 0.6) is 0 Å². The number of nitrogens with two attached hydrogens (primary N) is 1. The molecule has 1 aromatic heterocycles. The largest absolute Gasteiger partial charge is 0.320 e. The van der Waals surface area contributed by atoms with Crippen molar-refractivity contribution in [2.75, 3.05) is 0 Å². The number of hydrogen-bond acceptors (Lipinski definition) is 2. The first-order valence-corrected chi connectivity index (χ1v) is 6.05. The molecular weight excluding hydrogens is 210 g/mol. The summed E-state index contributed by atoms with van der Waals surface area (Å²) in [5.74, 6) is 0. The quantitative estimate of drug-likeness (QED) is 0.853. The zero-order valence-corrected chi connectivity index (χ0v) is 10.1. The summed E-state index contributed by atoms with van der Waals surface area (Å²) >= 11 is 0. The van der Waals surface area contributed by atoms with Crippen molar-refractivity contribution in [1.82, 2.24) is 9.78 Å². The molecule has 17 heavy (non-hydrogen) atoms. The van der Waals surface area contributed by atoms with Gasteiger partial charge in [-0.1, -0.05) is 30.3 Å². The summed E-state index contributed by atoms with van der Waals surface area (Å²) in [6, 6.07) is 10.4. The van der Waals surface area contributed by atoms with Crippen molar-refractivity contribution in [3.05, 3.63) is 53.3 Å². The normalized spacial score (nSPS) is 22.7. The Morgan fingerprint density at radius 3 is 2.88 bits per heavy atom. The Labute approximate surface area is 101 Å². The van der Waals surface area contributed by atoms with E-state index in [1.165, 1.54) is 16.8 Å². The van der Waals surface area contributed by atoms with E-state index in [1.807, 2.05) is 12.3 Å². The zero-order chi connectivity index (χ0) is 11.9. The van der Waals surface area contributed by atoms with Crippen LogP contribution in [-0.2, 0) is 18.5 Å². The average molecular weight is 227 g/mol. The molecule has 0 bridgehead atoms. The molecule has 0 saturated carbocycles. The van der Waals surface area contributed by atoms with Crippen LogP contribution in [-0.4, -0.2) is 9.78 Å². The molecular formula is C14H17N3. The number of aryl methyl sites for hydroxylation is 1. The van der Waals surface area contributed by atoms with Gasteiger partial charge in [-0.25, -0.2) is 0 Å². The molecule has 0 amide bonds. The highest BCUT2D eigenvalue weighted by atomic mass is 15.3. The van der Waals surface area contributed by atoms with Gasteiger partial charge in [-0.05, 0) is 30.9 Å². The summed E-state index contributed by atoms with van der Waals surface area (Å²) in [4.78, 5) is 0. The van der Waals surface area contributed by atoms with Gasteiger partial charge in [0, 0.05) is 0 Å². The van der Waals surface area contributed by atoms with E-state index in [0.29, 0.717) is 0 Å². The molecule has 1 aromatic carbocycles. The van der Waals surface area contributed by atoms with Gasteiger partial charge in [-0.3, -0.25) is 4.68 Å². The number of benzene rings is 1. The van der Waals surface area contributed by atoms with Crippen LogP contribution in [0.25, 0.3) is 0 Å². The summed E-state index contributed by atoms with van der Waals surface area (Å²) in [7, 11) is 0. The van der Waals surface area contributed by atoms with Gasteiger partial charge in [0.25, 0.3) is 0 Å². The van der Waals surface area contributed by atoms with Gasteiger partial charge >= 0.3 is 0 Å². The SMILES string of the molecule is CC1(N)CCc2cnn(Cc3ccccc3)c21. The molecule has 1 aliphatic rings. The Bertz CT molecular complexity index is 526. The minimum absolute atomic E-state index is 0.222. The molecule has 0 fully saturated rings. The number of aromatic nitrogens is 2. The van der Waals surface area contributed by atoms with E-state index in [1.54, 1.807) is 0 Å². The third-order valence-corrected chi connectivity index (χ3v) is 3.55. The Balaban J connectivity index is 1.96. The number of hydrogen-bond donors (Lipinski definition) is 1. The second-order valence-electron chi connectivity index (χ2n) is 5.08. The Hall–Kier alpha value is -1.61. The number of fused-ring (bicyclic) bond motifs is 1. The summed E-state index contributed by atoms with van der Waals surface area (Å²) < 4.78 is 2.05. The third kappa shape index (κ3) is 1.76. The summed E-state index contributed by atoms with van der Waals surface area (Å²) in [5, 5.41) is 4.47. The minimum atomic E-state index is -0.222. The maximum Gasteiger partial charge on any atom is 0.0663 e. The van der Waals surface area contributed by atoms with E-state index in [0.717, 1.165) is 19.4 Å². The molecule has 3 nitrogen and oxygen atoms in total. The molecule has 0 spiro atoms. The first-order valence-electron chi connectivity index (χ1n) is 6.05. The minimum Gasteiger partial charge on any atom is -0.320 e. The van der Waals surface area contributed by atoms with E-state index >= 15 is 0 Å². The Morgan fingerprint density at radius 1 is 1.35 bits per heavy atom. The topological polar surface area (TPSA) is 43.8 Å². The highest BCUT2D eigenvalue weighted by Crippen LogP contribution is 2.34. The molecule has 0 radical (unpaired) electrons. The van der Waals surface area contributed by atoms with Crippen molar-refractivity contribution < 1.29 is 0 Å². The summed E-state index contributed by atoms with van der Waals surface area (Å²) in [6.07, 6.45) is 4.04. The predicted octanol–water partition coefficient (Wildman–Crippen LogP) is 2.05. The highest BCUT2D eigenvalue weighted by molar-refractivity contribution is 5.31. The molecule has 0 aliphatic heterocycles. The van der Waals surface area contributed by atoms with Crippen molar-refractivity contribution in [3.8, 4) is 0 Å². The van der Waals surface area contributed by atoms with Crippen LogP contribution in [0.3, 0.4) is 0 Å². The molecule has 0 saturated heterocycles. The summed E-state index contributed by atoms with van der Waals surface area (Å²) in [6.45, 7) is 2.91. The van der Waals surface area contributed by atoms with Gasteiger partial charge in [-0.15, -0.1) is 0 Å². The van der Waals surface area contributed by atoms with Crippen molar-refractivity contribution in [2.45, 2.75) is 31.8 Å². The standard InChI is InChI=1S/C14H17N3/c1-14(15)8-7-12-9-16-17(13(12)14)10-11-5-3-2-4-6-11/h2-6,9H,7-8,10,15H2,1H3. The molecule has 2 aromatic rings. The van der Waals surface area contributed by atoms with Gasteiger partial charge in [0.05, 0.1) is 24.0 Å². The lowest BCUT2D eigenvalue weighted by Gasteiger charge is -2.20. The molecule has 2 N–H and O–H groups in total. The zero-order valence-electron chi connectivity index (χ0n) is 10.1. The molecule has 3 heteroatoms. The van der Waals surface area contributed by atoms with Crippen molar-refractivity contribution >= 4 is 0 Å². The maximum absolute atomic E-state index is 6.33. The fourth-order valence-corrected chi connectivity index (χ4v) is 2.66. The molecule has 3 rings (SSSR count). The van der Waals surface area contributed by atoms with Crippen molar-refractivity contribution in [3.63, 3.8) is 0 Å². The molecule has 1 atom stereocenters. The van der Waals surface area contributed by atoms with Gasteiger partial charge < -0.3 is 5.73 Å².